The Bertz CT molecular complexity index is 479. The Morgan fingerprint density at radius 1 is 1.36 bits per heavy atom. The predicted molar refractivity (Wildman–Crippen MR) is 60.6 cm³/mol. The van der Waals surface area contributed by atoms with Crippen LogP contribution in [-0.2, 0) is 0 Å². The number of nitrogens with one attached hydrogen (secondary N) is 1. The third-order valence-electron chi connectivity index (χ3n) is 1.71. The molecule has 2 rings (SSSR count). The molecule has 0 aromatic carbocycles. The molecule has 2 aromatic rings. The Morgan fingerprint density at radius 3 is 2.79 bits per heavy atom. The SMILES string of the molecule is CC.Cc1cnc2ccc(=O)[nH]c2c1.[HH]. The predicted octanol–water partition coefficient (Wildman–Crippen LogP) is 2.50. The van der Waals surface area contributed by atoms with Gasteiger partial charge in [0.25, 0.3) is 0 Å². The molecule has 0 amide bonds. The summed E-state index contributed by atoms with van der Waals surface area (Å²) in [5.74, 6) is 0. The third kappa shape index (κ3) is 2.19. The summed E-state index contributed by atoms with van der Waals surface area (Å²) in [6.45, 7) is 5.94. The summed E-state index contributed by atoms with van der Waals surface area (Å²) in [6.07, 6.45) is 1.78. The molecule has 0 atom stereocenters. The first-order chi connectivity index (χ1) is 6.75. The number of H-pyrrole nitrogens is 1. The van der Waals surface area contributed by atoms with Gasteiger partial charge in [-0.2, -0.15) is 0 Å². The minimum absolute atomic E-state index is 0. The van der Waals surface area contributed by atoms with E-state index in [0.29, 0.717) is 0 Å². The Balaban J connectivity index is 0.000000617. The molecule has 1 N–H and O–H groups in total. The molecule has 3 nitrogen and oxygen atoms in total. The zero-order chi connectivity index (χ0) is 10.6. The topological polar surface area (TPSA) is 45.8 Å². The molecule has 0 aliphatic rings. The van der Waals surface area contributed by atoms with Crippen molar-refractivity contribution in [2.45, 2.75) is 20.8 Å². The van der Waals surface area contributed by atoms with Crippen molar-refractivity contribution in [2.75, 3.05) is 0 Å². The number of aromatic nitrogens is 2. The number of fused-ring (bicyclic) bond motifs is 1. The lowest BCUT2D eigenvalue weighted by molar-refractivity contribution is 1.25. The van der Waals surface area contributed by atoms with Crippen LogP contribution in [0.5, 0.6) is 0 Å². The number of nitrogens with zero attached hydrogens (tertiary/aromatic N) is 1. The summed E-state index contributed by atoms with van der Waals surface area (Å²) in [7, 11) is 0. The van der Waals surface area contributed by atoms with E-state index in [2.05, 4.69) is 9.97 Å². The van der Waals surface area contributed by atoms with Gasteiger partial charge in [0.1, 0.15) is 0 Å². The standard InChI is InChI=1S/C9H8N2O.C2H6.H2/c1-6-4-8-7(10-5-6)2-3-9(12)11-8;1-2;/h2-5H,1H3,(H,11,12);1-2H3;1H. The molecule has 0 radical (unpaired) electrons. The highest BCUT2D eigenvalue weighted by Gasteiger charge is 1.94. The fourth-order valence-electron chi connectivity index (χ4n) is 1.14. The smallest absolute Gasteiger partial charge is 0.248 e. The molecule has 0 bridgehead atoms. The second kappa shape index (κ2) is 4.56. The summed E-state index contributed by atoms with van der Waals surface area (Å²) >= 11 is 0. The molecule has 0 saturated heterocycles. The molecule has 0 unspecified atom stereocenters. The number of aromatic amines is 1. The molecule has 3 heteroatoms. The molecule has 0 aliphatic heterocycles. The average Bonchev–Trinajstić information content (AvgIpc) is 2.20. The van der Waals surface area contributed by atoms with Gasteiger partial charge in [0.15, 0.2) is 0 Å². The average molecular weight is 192 g/mol. The summed E-state index contributed by atoms with van der Waals surface area (Å²) in [6, 6.07) is 5.10. The Morgan fingerprint density at radius 2 is 2.07 bits per heavy atom. The Hall–Kier alpha value is -1.64. The monoisotopic (exact) mass is 192 g/mol. The molecule has 0 spiro atoms. The molecule has 2 aromatic heterocycles. The van der Waals surface area contributed by atoms with Crippen LogP contribution in [0.3, 0.4) is 0 Å². The van der Waals surface area contributed by atoms with Crippen molar-refractivity contribution in [3.8, 4) is 0 Å². The van der Waals surface area contributed by atoms with E-state index in [-0.39, 0.29) is 6.99 Å². The number of hydrogen-bond acceptors (Lipinski definition) is 2. The molecule has 0 aliphatic carbocycles. The van der Waals surface area contributed by atoms with Crippen LogP contribution < -0.4 is 5.56 Å². The lowest BCUT2D eigenvalue weighted by atomic mass is 10.2. The van der Waals surface area contributed by atoms with Gasteiger partial charge in [-0.1, -0.05) is 13.8 Å². The maximum Gasteiger partial charge on any atom is 0.248 e. The van der Waals surface area contributed by atoms with E-state index in [0.717, 1.165) is 16.6 Å². The molecular formula is C11H16N2O. The van der Waals surface area contributed by atoms with E-state index in [4.69, 9.17) is 0 Å². The number of rotatable bonds is 0. The molecule has 0 fully saturated rings. The fourth-order valence-corrected chi connectivity index (χ4v) is 1.14. The second-order valence-corrected chi connectivity index (χ2v) is 2.77. The van der Waals surface area contributed by atoms with E-state index in [1.807, 2.05) is 26.8 Å². The zero-order valence-corrected chi connectivity index (χ0v) is 8.66. The van der Waals surface area contributed by atoms with Gasteiger partial charge < -0.3 is 4.98 Å². The largest absolute Gasteiger partial charge is 0.321 e. The molecule has 0 saturated carbocycles. The van der Waals surface area contributed by atoms with Gasteiger partial charge in [0, 0.05) is 13.7 Å². The summed E-state index contributed by atoms with van der Waals surface area (Å²) in [4.78, 5) is 17.8. The van der Waals surface area contributed by atoms with Crippen molar-refractivity contribution in [3.05, 3.63) is 40.3 Å². The van der Waals surface area contributed by atoms with Crippen LogP contribution in [0.25, 0.3) is 11.0 Å². The van der Waals surface area contributed by atoms with E-state index < -0.39 is 0 Å². The molecular weight excluding hydrogens is 176 g/mol. The first-order valence-electron chi connectivity index (χ1n) is 4.71. The van der Waals surface area contributed by atoms with Gasteiger partial charge in [-0.15, -0.1) is 0 Å². The number of aryl methyl sites for hydroxylation is 1. The zero-order valence-electron chi connectivity index (χ0n) is 8.66. The van der Waals surface area contributed by atoms with Crippen LogP contribution in [-0.4, -0.2) is 9.97 Å². The Kier molecular flexibility index (Phi) is 3.40. The van der Waals surface area contributed by atoms with Crippen molar-refractivity contribution >= 4 is 11.0 Å². The van der Waals surface area contributed by atoms with Crippen LogP contribution in [0.4, 0.5) is 0 Å². The van der Waals surface area contributed by atoms with Crippen LogP contribution in [0.1, 0.15) is 20.8 Å². The van der Waals surface area contributed by atoms with Crippen molar-refractivity contribution in [3.63, 3.8) is 0 Å². The highest BCUT2D eigenvalue weighted by Crippen LogP contribution is 2.06. The first-order valence-corrected chi connectivity index (χ1v) is 4.71. The minimum Gasteiger partial charge on any atom is -0.321 e. The van der Waals surface area contributed by atoms with Crippen LogP contribution >= 0.6 is 0 Å². The maximum atomic E-state index is 10.9. The third-order valence-corrected chi connectivity index (χ3v) is 1.71. The Labute approximate surface area is 84.3 Å². The van der Waals surface area contributed by atoms with E-state index >= 15 is 0 Å². The summed E-state index contributed by atoms with van der Waals surface area (Å²) in [5.41, 5.74) is 2.57. The first kappa shape index (κ1) is 10.4. The summed E-state index contributed by atoms with van der Waals surface area (Å²) in [5, 5.41) is 0. The fraction of sp³-hybridized carbons (Fsp3) is 0.273. The normalized spacial score (nSPS) is 9.36. The van der Waals surface area contributed by atoms with Crippen LogP contribution in [0.15, 0.2) is 29.2 Å². The van der Waals surface area contributed by atoms with E-state index in [9.17, 15) is 4.79 Å². The highest BCUT2D eigenvalue weighted by atomic mass is 16.1. The van der Waals surface area contributed by atoms with Gasteiger partial charge >= 0.3 is 0 Å². The van der Waals surface area contributed by atoms with E-state index in [1.165, 1.54) is 6.07 Å². The maximum absolute atomic E-state index is 10.9. The van der Waals surface area contributed by atoms with Crippen molar-refractivity contribution in [2.24, 2.45) is 0 Å². The van der Waals surface area contributed by atoms with Gasteiger partial charge in [-0.05, 0) is 24.6 Å². The van der Waals surface area contributed by atoms with Crippen LogP contribution in [0.2, 0.25) is 0 Å². The van der Waals surface area contributed by atoms with Crippen molar-refractivity contribution in [1.82, 2.24) is 9.97 Å². The number of pyridine rings is 2. The van der Waals surface area contributed by atoms with Gasteiger partial charge in [-0.25, -0.2) is 0 Å². The van der Waals surface area contributed by atoms with Gasteiger partial charge in [0.05, 0.1) is 11.0 Å². The molecule has 2 heterocycles. The second-order valence-electron chi connectivity index (χ2n) is 2.77. The minimum atomic E-state index is -0.0881. The number of hydrogen-bond donors (Lipinski definition) is 1. The molecule has 76 valence electrons. The van der Waals surface area contributed by atoms with Crippen molar-refractivity contribution < 1.29 is 1.43 Å². The summed E-state index contributed by atoms with van der Waals surface area (Å²) < 4.78 is 0. The quantitative estimate of drug-likeness (QED) is 0.697. The highest BCUT2D eigenvalue weighted by molar-refractivity contribution is 5.73. The van der Waals surface area contributed by atoms with Gasteiger partial charge in [-0.3, -0.25) is 9.78 Å². The van der Waals surface area contributed by atoms with E-state index in [1.54, 1.807) is 12.3 Å². The van der Waals surface area contributed by atoms with Crippen molar-refractivity contribution in [1.29, 1.82) is 0 Å². The lowest BCUT2D eigenvalue weighted by Gasteiger charge is -1.96. The van der Waals surface area contributed by atoms with Crippen LogP contribution in [0, 0.1) is 6.92 Å². The van der Waals surface area contributed by atoms with Gasteiger partial charge in [0.2, 0.25) is 5.56 Å². The molecule has 14 heavy (non-hydrogen) atoms. The lowest BCUT2D eigenvalue weighted by Crippen LogP contribution is -2.02.